The van der Waals surface area contributed by atoms with Gasteiger partial charge in [-0.1, -0.05) is 0 Å². The molecule has 0 saturated carbocycles. The van der Waals surface area contributed by atoms with E-state index in [1.807, 2.05) is 0 Å². The Labute approximate surface area is 116 Å². The summed E-state index contributed by atoms with van der Waals surface area (Å²) in [6.45, 7) is 0. The van der Waals surface area contributed by atoms with Crippen LogP contribution < -0.4 is 14.2 Å². The van der Waals surface area contributed by atoms with Crippen molar-refractivity contribution in [3.8, 4) is 17.2 Å². The molecule has 2 unspecified atom stereocenters. The minimum Gasteiger partial charge on any atom is -0.493 e. The van der Waals surface area contributed by atoms with Gasteiger partial charge in [-0.2, -0.15) is 0 Å². The number of carbonyl (C=O) groups excluding carboxylic acids is 1. The quantitative estimate of drug-likeness (QED) is 0.725. The summed E-state index contributed by atoms with van der Waals surface area (Å²) in [6, 6.07) is 3.00. The van der Waals surface area contributed by atoms with Crippen molar-refractivity contribution in [3.05, 3.63) is 17.7 Å². The molecule has 0 amide bonds. The summed E-state index contributed by atoms with van der Waals surface area (Å²) in [5.74, 6) is -0.131. The van der Waals surface area contributed by atoms with Gasteiger partial charge in [0.15, 0.2) is 17.6 Å². The number of aliphatic hydroxyl groups excluding tert-OH is 2. The minimum atomic E-state index is -1.73. The molecule has 0 spiro atoms. The third-order valence-corrected chi connectivity index (χ3v) is 2.80. The molecule has 2 N–H and O–H groups in total. The standard InChI is InChI=1S/C13H18O7/c1-17-8-6-5-7(11(18-2)12(8)19-3)9(14)10(15)13(16)20-4/h5-6,9-10,14-15H,1-4H3. The molecule has 20 heavy (non-hydrogen) atoms. The van der Waals surface area contributed by atoms with Crippen molar-refractivity contribution in [2.45, 2.75) is 12.2 Å². The van der Waals surface area contributed by atoms with Gasteiger partial charge in [0.25, 0.3) is 0 Å². The van der Waals surface area contributed by atoms with E-state index in [1.165, 1.54) is 33.5 Å². The summed E-state index contributed by atoms with van der Waals surface area (Å²) >= 11 is 0. The average Bonchev–Trinajstić information content (AvgIpc) is 2.50. The fraction of sp³-hybridized carbons (Fsp3) is 0.462. The number of hydrogen-bond donors (Lipinski definition) is 2. The van der Waals surface area contributed by atoms with Crippen molar-refractivity contribution in [2.75, 3.05) is 28.4 Å². The van der Waals surface area contributed by atoms with Gasteiger partial charge in [-0.25, -0.2) is 4.79 Å². The summed E-state index contributed by atoms with van der Waals surface area (Å²) in [5.41, 5.74) is 0.183. The number of ether oxygens (including phenoxy) is 4. The Hall–Kier alpha value is -1.99. The largest absolute Gasteiger partial charge is 0.493 e. The van der Waals surface area contributed by atoms with E-state index in [9.17, 15) is 15.0 Å². The molecule has 0 aromatic heterocycles. The number of aliphatic hydroxyl groups is 2. The molecule has 0 aliphatic heterocycles. The summed E-state index contributed by atoms with van der Waals surface area (Å²) in [6.07, 6.45) is -3.25. The van der Waals surface area contributed by atoms with E-state index in [1.54, 1.807) is 0 Å². The monoisotopic (exact) mass is 286 g/mol. The first-order chi connectivity index (χ1) is 9.51. The SMILES string of the molecule is COC(=O)C(O)C(O)c1ccc(OC)c(OC)c1OC. The number of hydrogen-bond acceptors (Lipinski definition) is 7. The van der Waals surface area contributed by atoms with E-state index >= 15 is 0 Å². The van der Waals surface area contributed by atoms with Crippen LogP contribution in [0.1, 0.15) is 11.7 Å². The van der Waals surface area contributed by atoms with Gasteiger partial charge in [-0.05, 0) is 12.1 Å². The Morgan fingerprint density at radius 3 is 2.05 bits per heavy atom. The molecular weight excluding hydrogens is 268 g/mol. The zero-order chi connectivity index (χ0) is 15.3. The lowest BCUT2D eigenvalue weighted by molar-refractivity contribution is -0.156. The number of esters is 1. The van der Waals surface area contributed by atoms with Crippen molar-refractivity contribution in [1.29, 1.82) is 0 Å². The normalized spacial score (nSPS) is 13.3. The van der Waals surface area contributed by atoms with Crippen LogP contribution in [0.2, 0.25) is 0 Å². The van der Waals surface area contributed by atoms with Crippen LogP contribution in [0.4, 0.5) is 0 Å². The molecule has 0 fully saturated rings. The van der Waals surface area contributed by atoms with E-state index in [0.29, 0.717) is 5.75 Å². The van der Waals surface area contributed by atoms with Gasteiger partial charge in [0.1, 0.15) is 6.10 Å². The second kappa shape index (κ2) is 6.97. The maximum Gasteiger partial charge on any atom is 0.337 e. The molecule has 0 heterocycles. The maximum absolute atomic E-state index is 11.3. The predicted octanol–water partition coefficient (Wildman–Crippen LogP) is 0.280. The smallest absolute Gasteiger partial charge is 0.337 e. The van der Waals surface area contributed by atoms with Crippen LogP contribution in [0, 0.1) is 0 Å². The summed E-state index contributed by atoms with van der Waals surface area (Å²) in [5, 5.41) is 19.8. The van der Waals surface area contributed by atoms with E-state index < -0.39 is 18.2 Å². The topological polar surface area (TPSA) is 94.5 Å². The first-order valence-electron chi connectivity index (χ1n) is 5.74. The van der Waals surface area contributed by atoms with Gasteiger partial charge in [0.05, 0.1) is 28.4 Å². The first kappa shape index (κ1) is 16.1. The van der Waals surface area contributed by atoms with Crippen molar-refractivity contribution in [1.82, 2.24) is 0 Å². The Kier molecular flexibility index (Phi) is 5.60. The molecular formula is C13H18O7. The summed E-state index contributed by atoms with van der Waals surface area (Å²) < 4.78 is 19.8. The highest BCUT2D eigenvalue weighted by atomic mass is 16.5. The highest BCUT2D eigenvalue weighted by Gasteiger charge is 2.30. The van der Waals surface area contributed by atoms with E-state index in [4.69, 9.17) is 14.2 Å². The van der Waals surface area contributed by atoms with Gasteiger partial charge in [-0.15, -0.1) is 0 Å². The number of rotatable bonds is 6. The Morgan fingerprint density at radius 1 is 1.00 bits per heavy atom. The number of benzene rings is 1. The van der Waals surface area contributed by atoms with Crippen molar-refractivity contribution < 1.29 is 34.0 Å². The Balaban J connectivity index is 3.27. The minimum absolute atomic E-state index is 0.169. The van der Waals surface area contributed by atoms with Crippen LogP contribution in [0.5, 0.6) is 17.2 Å². The van der Waals surface area contributed by atoms with Gasteiger partial charge in [0.2, 0.25) is 5.75 Å². The highest BCUT2D eigenvalue weighted by molar-refractivity contribution is 5.75. The summed E-state index contributed by atoms with van der Waals surface area (Å²) in [7, 11) is 5.35. The Morgan fingerprint density at radius 2 is 1.60 bits per heavy atom. The lowest BCUT2D eigenvalue weighted by Gasteiger charge is -2.21. The van der Waals surface area contributed by atoms with Crippen LogP contribution in [0.15, 0.2) is 12.1 Å². The van der Waals surface area contributed by atoms with Gasteiger partial charge < -0.3 is 29.2 Å². The molecule has 2 atom stereocenters. The van der Waals surface area contributed by atoms with E-state index in [0.717, 1.165) is 7.11 Å². The number of methoxy groups -OCH3 is 4. The molecule has 0 aliphatic carbocycles. The molecule has 1 aromatic carbocycles. The van der Waals surface area contributed by atoms with Gasteiger partial charge in [-0.3, -0.25) is 0 Å². The molecule has 0 bridgehead atoms. The van der Waals surface area contributed by atoms with Crippen LogP contribution in [0.25, 0.3) is 0 Å². The molecule has 0 aliphatic rings. The van der Waals surface area contributed by atoms with Crippen molar-refractivity contribution in [2.24, 2.45) is 0 Å². The van der Waals surface area contributed by atoms with Crippen LogP contribution in [-0.2, 0) is 9.53 Å². The first-order valence-corrected chi connectivity index (χ1v) is 5.74. The Bertz CT molecular complexity index is 472. The van der Waals surface area contributed by atoms with Gasteiger partial charge in [0, 0.05) is 5.56 Å². The summed E-state index contributed by atoms with van der Waals surface area (Å²) in [4.78, 5) is 11.3. The van der Waals surface area contributed by atoms with Crippen LogP contribution >= 0.6 is 0 Å². The third-order valence-electron chi connectivity index (χ3n) is 2.80. The van der Waals surface area contributed by atoms with E-state index in [-0.39, 0.29) is 17.1 Å². The fourth-order valence-corrected chi connectivity index (χ4v) is 1.78. The lowest BCUT2D eigenvalue weighted by atomic mass is 10.0. The third kappa shape index (κ3) is 2.94. The average molecular weight is 286 g/mol. The number of carbonyl (C=O) groups is 1. The molecule has 1 rings (SSSR count). The molecule has 7 heteroatoms. The highest BCUT2D eigenvalue weighted by Crippen LogP contribution is 2.42. The van der Waals surface area contributed by atoms with Gasteiger partial charge >= 0.3 is 5.97 Å². The second-order valence-electron chi connectivity index (χ2n) is 3.84. The molecule has 0 saturated heterocycles. The zero-order valence-electron chi connectivity index (χ0n) is 11.7. The van der Waals surface area contributed by atoms with E-state index in [2.05, 4.69) is 4.74 Å². The van der Waals surface area contributed by atoms with Crippen LogP contribution in [-0.4, -0.2) is 50.7 Å². The molecule has 7 nitrogen and oxygen atoms in total. The molecule has 1 aromatic rings. The predicted molar refractivity (Wildman–Crippen MR) is 69.1 cm³/mol. The molecule has 0 radical (unpaired) electrons. The maximum atomic E-state index is 11.3. The molecule has 112 valence electrons. The van der Waals surface area contributed by atoms with Crippen LogP contribution in [0.3, 0.4) is 0 Å². The van der Waals surface area contributed by atoms with Crippen molar-refractivity contribution >= 4 is 5.97 Å². The van der Waals surface area contributed by atoms with Crippen molar-refractivity contribution in [3.63, 3.8) is 0 Å². The lowest BCUT2D eigenvalue weighted by Crippen LogP contribution is -2.29. The zero-order valence-corrected chi connectivity index (χ0v) is 11.7. The fourth-order valence-electron chi connectivity index (χ4n) is 1.78. The second-order valence-corrected chi connectivity index (χ2v) is 3.84.